The molecule has 3 N–H and O–H groups in total. The van der Waals surface area contributed by atoms with E-state index >= 15 is 0 Å². The van der Waals surface area contributed by atoms with Crippen molar-refractivity contribution in [1.29, 1.82) is 0 Å². The molecule has 10 heteroatoms. The predicted molar refractivity (Wildman–Crippen MR) is 81.5 cm³/mol. The van der Waals surface area contributed by atoms with Crippen LogP contribution in [0.5, 0.6) is 0 Å². The number of fused-ring (bicyclic) bond motifs is 1. The minimum atomic E-state index is -0.163. The first kappa shape index (κ1) is 14.0. The molecule has 0 saturated carbocycles. The van der Waals surface area contributed by atoms with Crippen molar-refractivity contribution >= 4 is 34.0 Å². The van der Waals surface area contributed by atoms with Gasteiger partial charge in [-0.05, 0) is 6.42 Å². The van der Waals surface area contributed by atoms with Crippen molar-refractivity contribution in [2.24, 2.45) is 0 Å². The maximum atomic E-state index is 12.0. The smallest absolute Gasteiger partial charge is 0.275 e. The highest BCUT2D eigenvalue weighted by molar-refractivity contribution is 7.98. The van der Waals surface area contributed by atoms with Gasteiger partial charge in [0, 0.05) is 18.2 Å². The molecule has 0 aliphatic rings. The van der Waals surface area contributed by atoms with E-state index in [1.165, 1.54) is 33.7 Å². The molecule has 110 valence electrons. The number of rotatable bonds is 5. The van der Waals surface area contributed by atoms with Crippen molar-refractivity contribution in [1.82, 2.24) is 29.8 Å². The number of aryl methyl sites for hydroxylation is 1. The third-order valence-corrected chi connectivity index (χ3v) is 4.48. The number of nitrogens with zero attached hydrogens (tertiary/aromatic N) is 5. The van der Waals surface area contributed by atoms with Crippen LogP contribution in [0.3, 0.4) is 0 Å². The highest BCUT2D eigenvalue weighted by atomic mass is 32.2. The lowest BCUT2D eigenvalue weighted by Crippen LogP contribution is -2.15. The maximum Gasteiger partial charge on any atom is 0.275 e. The van der Waals surface area contributed by atoms with Gasteiger partial charge in [-0.25, -0.2) is 10.1 Å². The minimum Gasteiger partial charge on any atom is -0.368 e. The largest absolute Gasteiger partial charge is 0.368 e. The zero-order valence-electron chi connectivity index (χ0n) is 11.2. The van der Waals surface area contributed by atoms with E-state index in [0.29, 0.717) is 21.6 Å². The molecule has 0 atom stereocenters. The molecule has 0 amide bonds. The van der Waals surface area contributed by atoms with E-state index in [1.807, 2.05) is 0 Å². The number of anilines is 1. The summed E-state index contributed by atoms with van der Waals surface area (Å²) in [6, 6.07) is 1.49. The highest BCUT2D eigenvalue weighted by Gasteiger charge is 2.10. The fraction of sp³-hybridized carbons (Fsp3) is 0.364. The first-order valence-corrected chi connectivity index (χ1v) is 8.15. The number of nitrogen functional groups attached to an aromatic ring is 1. The second kappa shape index (κ2) is 5.82. The summed E-state index contributed by atoms with van der Waals surface area (Å²) in [4.78, 5) is 21.1. The summed E-state index contributed by atoms with van der Waals surface area (Å²) in [5, 5.41) is 12.2. The molecular formula is C11H13N7OS2. The van der Waals surface area contributed by atoms with Crippen LogP contribution in [0.4, 0.5) is 5.95 Å². The van der Waals surface area contributed by atoms with Gasteiger partial charge < -0.3 is 5.73 Å². The van der Waals surface area contributed by atoms with Crippen LogP contribution in [0.1, 0.15) is 24.0 Å². The number of hydrogen-bond donors (Lipinski definition) is 2. The summed E-state index contributed by atoms with van der Waals surface area (Å²) in [5.41, 5.74) is 5.98. The topological polar surface area (TPSA) is 115 Å². The number of aromatic amines is 1. The fourth-order valence-electron chi connectivity index (χ4n) is 1.75. The number of thioether (sulfide) groups is 1. The summed E-state index contributed by atoms with van der Waals surface area (Å²) in [6.07, 6.45) is 1.84. The zero-order chi connectivity index (χ0) is 14.8. The van der Waals surface area contributed by atoms with Gasteiger partial charge in [-0.3, -0.25) is 4.79 Å². The van der Waals surface area contributed by atoms with Crippen molar-refractivity contribution in [2.45, 2.75) is 30.7 Å². The average Bonchev–Trinajstić information content (AvgIpc) is 3.03. The van der Waals surface area contributed by atoms with Gasteiger partial charge in [0.1, 0.15) is 5.01 Å². The SMILES string of the molecule is CCCc1nn2c(=O)cc(CSc3n[nH]c(N)n3)nc2s1. The Morgan fingerprint density at radius 2 is 2.33 bits per heavy atom. The fourth-order valence-corrected chi connectivity index (χ4v) is 3.46. The predicted octanol–water partition coefficient (Wildman–Crippen LogP) is 1.10. The standard InChI is InChI=1S/C11H13N7OS2/c1-2-3-7-17-18-8(19)4-6(13-11(18)21-7)5-20-10-14-9(12)15-16-10/h4H,2-3,5H2,1H3,(H3,12,14,15,16). The van der Waals surface area contributed by atoms with Crippen LogP contribution in [0.2, 0.25) is 0 Å². The van der Waals surface area contributed by atoms with Crippen LogP contribution in [-0.4, -0.2) is 29.8 Å². The van der Waals surface area contributed by atoms with E-state index in [1.54, 1.807) is 0 Å². The van der Waals surface area contributed by atoms with Crippen LogP contribution >= 0.6 is 23.1 Å². The van der Waals surface area contributed by atoms with Gasteiger partial charge in [0.2, 0.25) is 16.1 Å². The molecule has 3 aromatic heterocycles. The second-order valence-corrected chi connectivity index (χ2v) is 6.30. The summed E-state index contributed by atoms with van der Waals surface area (Å²) in [5.74, 6) is 0.775. The number of nitrogens with one attached hydrogen (secondary N) is 1. The van der Waals surface area contributed by atoms with E-state index in [4.69, 9.17) is 5.73 Å². The van der Waals surface area contributed by atoms with Crippen molar-refractivity contribution in [3.8, 4) is 0 Å². The lowest BCUT2D eigenvalue weighted by atomic mass is 10.4. The Labute approximate surface area is 127 Å². The van der Waals surface area contributed by atoms with Crippen molar-refractivity contribution in [2.75, 3.05) is 5.73 Å². The van der Waals surface area contributed by atoms with Gasteiger partial charge in [-0.2, -0.15) is 14.6 Å². The molecule has 0 aliphatic carbocycles. The molecule has 0 fully saturated rings. The Morgan fingerprint density at radius 3 is 3.05 bits per heavy atom. The van der Waals surface area contributed by atoms with Crippen molar-refractivity contribution in [3.05, 3.63) is 27.1 Å². The van der Waals surface area contributed by atoms with Gasteiger partial charge in [0.25, 0.3) is 5.56 Å². The van der Waals surface area contributed by atoms with Gasteiger partial charge in [-0.15, -0.1) is 5.10 Å². The third kappa shape index (κ3) is 3.05. The normalized spacial score (nSPS) is 11.3. The van der Waals surface area contributed by atoms with Gasteiger partial charge in [-0.1, -0.05) is 30.0 Å². The molecule has 0 spiro atoms. The lowest BCUT2D eigenvalue weighted by Gasteiger charge is -1.97. The van der Waals surface area contributed by atoms with Crippen molar-refractivity contribution < 1.29 is 0 Å². The molecule has 0 aliphatic heterocycles. The minimum absolute atomic E-state index is 0.163. The Kier molecular flexibility index (Phi) is 3.88. The Hall–Kier alpha value is -1.94. The van der Waals surface area contributed by atoms with Gasteiger partial charge in [0.05, 0.1) is 5.69 Å². The van der Waals surface area contributed by atoms with E-state index in [2.05, 4.69) is 32.2 Å². The van der Waals surface area contributed by atoms with Crippen LogP contribution in [-0.2, 0) is 12.2 Å². The van der Waals surface area contributed by atoms with Crippen LogP contribution in [0.15, 0.2) is 16.0 Å². The number of H-pyrrole nitrogens is 1. The number of hydrogen-bond acceptors (Lipinski definition) is 8. The zero-order valence-corrected chi connectivity index (χ0v) is 12.9. The Bertz CT molecular complexity index is 821. The lowest BCUT2D eigenvalue weighted by molar-refractivity contribution is 0.818. The summed E-state index contributed by atoms with van der Waals surface area (Å²) < 4.78 is 1.36. The molecule has 0 radical (unpaired) electrons. The van der Waals surface area contributed by atoms with E-state index < -0.39 is 0 Å². The van der Waals surface area contributed by atoms with Gasteiger partial charge in [0.15, 0.2) is 0 Å². The number of nitrogens with two attached hydrogens (primary N) is 1. The Balaban J connectivity index is 1.84. The van der Waals surface area contributed by atoms with Gasteiger partial charge >= 0.3 is 0 Å². The first-order chi connectivity index (χ1) is 10.2. The van der Waals surface area contributed by atoms with E-state index in [-0.39, 0.29) is 11.5 Å². The van der Waals surface area contributed by atoms with Crippen LogP contribution in [0.25, 0.3) is 4.96 Å². The summed E-state index contributed by atoms with van der Waals surface area (Å²) >= 11 is 2.82. The Morgan fingerprint density at radius 1 is 1.48 bits per heavy atom. The molecule has 0 unspecified atom stereocenters. The monoisotopic (exact) mass is 323 g/mol. The van der Waals surface area contributed by atoms with Crippen molar-refractivity contribution in [3.63, 3.8) is 0 Å². The van der Waals surface area contributed by atoms with Crippen LogP contribution < -0.4 is 11.3 Å². The highest BCUT2D eigenvalue weighted by Crippen LogP contribution is 2.19. The molecule has 0 aromatic carbocycles. The molecule has 3 aromatic rings. The maximum absolute atomic E-state index is 12.0. The van der Waals surface area contributed by atoms with E-state index in [9.17, 15) is 4.79 Å². The molecule has 21 heavy (non-hydrogen) atoms. The van der Waals surface area contributed by atoms with Crippen LogP contribution in [0, 0.1) is 0 Å². The summed E-state index contributed by atoms with van der Waals surface area (Å²) in [6.45, 7) is 2.08. The number of aromatic nitrogens is 6. The molecule has 0 saturated heterocycles. The molecular weight excluding hydrogens is 310 g/mol. The average molecular weight is 323 g/mol. The second-order valence-electron chi connectivity index (χ2n) is 4.32. The molecule has 3 heterocycles. The summed E-state index contributed by atoms with van der Waals surface area (Å²) in [7, 11) is 0. The molecule has 8 nitrogen and oxygen atoms in total. The first-order valence-electron chi connectivity index (χ1n) is 6.35. The van der Waals surface area contributed by atoms with E-state index in [0.717, 1.165) is 17.8 Å². The third-order valence-electron chi connectivity index (χ3n) is 2.64. The molecule has 0 bridgehead atoms. The molecule has 3 rings (SSSR count). The quantitative estimate of drug-likeness (QED) is 0.675.